The molecule has 0 radical (unpaired) electrons. The Labute approximate surface area is 139 Å². The highest BCUT2D eigenvalue weighted by molar-refractivity contribution is 5.81. The molecule has 0 amide bonds. The lowest BCUT2D eigenvalue weighted by Gasteiger charge is -2.59. The molecule has 0 saturated heterocycles. The maximum atomic E-state index is 12.5. The van der Waals surface area contributed by atoms with Gasteiger partial charge in [-0.25, -0.2) is 0 Å². The predicted molar refractivity (Wildman–Crippen MR) is 90.8 cm³/mol. The Morgan fingerprint density at radius 3 is 2.57 bits per heavy atom. The molecule has 0 aromatic heterocycles. The van der Waals surface area contributed by atoms with E-state index in [-0.39, 0.29) is 35.7 Å². The van der Waals surface area contributed by atoms with Gasteiger partial charge >= 0.3 is 0 Å². The van der Waals surface area contributed by atoms with Crippen molar-refractivity contribution in [3.05, 3.63) is 24.3 Å². The minimum absolute atomic E-state index is 0.0682. The first-order chi connectivity index (χ1) is 10.8. The van der Waals surface area contributed by atoms with E-state index in [0.29, 0.717) is 18.8 Å². The van der Waals surface area contributed by atoms with Gasteiger partial charge in [-0.05, 0) is 42.9 Å². The first-order valence-electron chi connectivity index (χ1n) is 8.91. The van der Waals surface area contributed by atoms with Gasteiger partial charge in [0.1, 0.15) is 5.78 Å². The third-order valence-corrected chi connectivity index (χ3v) is 7.21. The number of rotatable bonds is 3. The molecule has 0 aromatic carbocycles. The summed E-state index contributed by atoms with van der Waals surface area (Å²) in [4.78, 5) is 12.5. The highest BCUT2D eigenvalue weighted by atomic mass is 16.3. The number of hydrogen-bond acceptors (Lipinski definition) is 3. The molecule has 2 unspecified atom stereocenters. The van der Waals surface area contributed by atoms with Crippen LogP contribution in [0.15, 0.2) is 24.3 Å². The van der Waals surface area contributed by atoms with Crippen LogP contribution in [0.5, 0.6) is 0 Å². The van der Waals surface area contributed by atoms with E-state index in [1.807, 2.05) is 6.08 Å². The molecule has 3 rings (SSSR count). The van der Waals surface area contributed by atoms with Crippen LogP contribution in [0.25, 0.3) is 0 Å². The van der Waals surface area contributed by atoms with E-state index >= 15 is 0 Å². The Hall–Kier alpha value is -0.930. The fraction of sp³-hybridized carbons (Fsp3) is 0.750. The van der Waals surface area contributed by atoms with E-state index in [1.54, 1.807) is 0 Å². The molecule has 2 N–H and O–H groups in total. The second-order valence-corrected chi connectivity index (χ2v) is 8.69. The number of carbonyl (C=O) groups excluding carboxylic acids is 1. The molecule has 3 heteroatoms. The largest absolute Gasteiger partial charge is 0.396 e. The molecular weight excluding hydrogens is 288 g/mol. The van der Waals surface area contributed by atoms with Crippen LogP contribution in [0.1, 0.15) is 52.4 Å². The van der Waals surface area contributed by atoms with E-state index in [2.05, 4.69) is 26.5 Å². The third-order valence-electron chi connectivity index (χ3n) is 7.21. The second kappa shape index (κ2) is 5.56. The Bertz CT molecular complexity index is 545. The Morgan fingerprint density at radius 2 is 1.96 bits per heavy atom. The van der Waals surface area contributed by atoms with Crippen LogP contribution in [-0.2, 0) is 4.79 Å². The first kappa shape index (κ1) is 16.9. The summed E-state index contributed by atoms with van der Waals surface area (Å²) in [6, 6.07) is 0. The summed E-state index contributed by atoms with van der Waals surface area (Å²) in [6.07, 6.45) is 9.46. The normalized spacial score (nSPS) is 42.4. The minimum atomic E-state index is -0.630. The number of hydrogen-bond donors (Lipinski definition) is 2. The van der Waals surface area contributed by atoms with Crippen molar-refractivity contribution in [1.82, 2.24) is 0 Å². The minimum Gasteiger partial charge on any atom is -0.396 e. The number of allylic oxidation sites excluding steroid dienone is 3. The van der Waals surface area contributed by atoms with Crippen LogP contribution in [-0.4, -0.2) is 29.2 Å². The molecule has 2 fully saturated rings. The van der Waals surface area contributed by atoms with Crippen LogP contribution in [0.3, 0.4) is 0 Å². The molecule has 4 atom stereocenters. The summed E-state index contributed by atoms with van der Waals surface area (Å²) >= 11 is 0. The molecular formula is C20H30O3. The molecule has 23 heavy (non-hydrogen) atoms. The van der Waals surface area contributed by atoms with Gasteiger partial charge < -0.3 is 10.2 Å². The van der Waals surface area contributed by atoms with E-state index < -0.39 is 5.41 Å². The summed E-state index contributed by atoms with van der Waals surface area (Å²) < 4.78 is 0. The van der Waals surface area contributed by atoms with Gasteiger partial charge in [-0.1, -0.05) is 31.6 Å². The number of Topliss-reactive ketones (excluding diaryl/α,β-unsaturated/α-hetero) is 1. The summed E-state index contributed by atoms with van der Waals surface area (Å²) in [5.41, 5.74) is 0.776. The maximum absolute atomic E-state index is 12.5. The maximum Gasteiger partial charge on any atom is 0.134 e. The molecule has 2 saturated carbocycles. The van der Waals surface area contributed by atoms with Gasteiger partial charge in [-0.3, -0.25) is 4.79 Å². The SMILES string of the molecule is C=C[C@@]1(C)C=C2CCC3C(CO)(CO)CC(=O)C[C@@]3(C)C2CC1. The molecule has 128 valence electrons. The van der Waals surface area contributed by atoms with Gasteiger partial charge in [0.15, 0.2) is 0 Å². The standard InChI is InChI=1S/C20H30O3/c1-4-18(2)8-7-16-14(9-18)5-6-17-19(16,3)10-15(23)11-20(17,12-21)13-22/h4,9,16-17,21-22H,1,5-8,10-13H2,2-3H3/t16?,17?,18-,19+/m1/s1. The topological polar surface area (TPSA) is 57.5 Å². The zero-order valence-electron chi connectivity index (χ0n) is 14.5. The van der Waals surface area contributed by atoms with Gasteiger partial charge in [-0.15, -0.1) is 6.58 Å². The van der Waals surface area contributed by atoms with E-state index in [0.717, 1.165) is 25.7 Å². The Morgan fingerprint density at radius 1 is 1.26 bits per heavy atom. The van der Waals surface area contributed by atoms with Crippen molar-refractivity contribution in [1.29, 1.82) is 0 Å². The summed E-state index contributed by atoms with van der Waals surface area (Å²) in [5.74, 6) is 0.819. The summed E-state index contributed by atoms with van der Waals surface area (Å²) in [7, 11) is 0. The Balaban J connectivity index is 2.02. The number of aliphatic hydroxyl groups excluding tert-OH is 2. The average Bonchev–Trinajstić information content (AvgIpc) is 2.52. The fourth-order valence-corrected chi connectivity index (χ4v) is 5.92. The lowest BCUT2D eigenvalue weighted by Crippen LogP contribution is -2.57. The molecule has 0 spiro atoms. The predicted octanol–water partition coefficient (Wildman–Crippen LogP) is 3.27. The van der Waals surface area contributed by atoms with E-state index in [9.17, 15) is 15.0 Å². The first-order valence-corrected chi connectivity index (χ1v) is 8.91. The van der Waals surface area contributed by atoms with E-state index in [4.69, 9.17) is 0 Å². The van der Waals surface area contributed by atoms with Crippen LogP contribution in [0.4, 0.5) is 0 Å². The highest BCUT2D eigenvalue weighted by Crippen LogP contribution is 2.63. The van der Waals surface area contributed by atoms with Gasteiger partial charge in [-0.2, -0.15) is 0 Å². The summed E-state index contributed by atoms with van der Waals surface area (Å²) in [6.45, 7) is 8.26. The zero-order chi connectivity index (χ0) is 16.9. The van der Waals surface area contributed by atoms with Gasteiger partial charge in [0.05, 0.1) is 13.2 Å². The van der Waals surface area contributed by atoms with Crippen molar-refractivity contribution in [2.24, 2.45) is 28.1 Å². The number of carbonyl (C=O) groups is 1. The van der Waals surface area contributed by atoms with Crippen molar-refractivity contribution in [3.63, 3.8) is 0 Å². The summed E-state index contributed by atoms with van der Waals surface area (Å²) in [5, 5.41) is 20.0. The van der Waals surface area contributed by atoms with Crippen LogP contribution < -0.4 is 0 Å². The number of fused-ring (bicyclic) bond motifs is 3. The number of ketones is 1. The van der Waals surface area contributed by atoms with Crippen molar-refractivity contribution in [2.75, 3.05) is 13.2 Å². The Kier molecular flexibility index (Phi) is 4.09. The van der Waals surface area contributed by atoms with Crippen molar-refractivity contribution < 1.29 is 15.0 Å². The van der Waals surface area contributed by atoms with Crippen molar-refractivity contribution in [3.8, 4) is 0 Å². The molecule has 0 heterocycles. The van der Waals surface area contributed by atoms with E-state index in [1.165, 1.54) is 5.57 Å². The van der Waals surface area contributed by atoms with Gasteiger partial charge in [0.25, 0.3) is 0 Å². The molecule has 3 nitrogen and oxygen atoms in total. The smallest absolute Gasteiger partial charge is 0.134 e. The van der Waals surface area contributed by atoms with Gasteiger partial charge in [0.2, 0.25) is 0 Å². The third kappa shape index (κ3) is 2.44. The van der Waals surface area contributed by atoms with Crippen molar-refractivity contribution in [2.45, 2.75) is 52.4 Å². The second-order valence-electron chi connectivity index (χ2n) is 8.69. The van der Waals surface area contributed by atoms with Crippen molar-refractivity contribution >= 4 is 5.78 Å². The lowest BCUT2D eigenvalue weighted by molar-refractivity contribution is -0.153. The monoisotopic (exact) mass is 318 g/mol. The molecule has 0 bridgehead atoms. The number of aliphatic hydroxyl groups is 2. The van der Waals surface area contributed by atoms with Crippen LogP contribution >= 0.6 is 0 Å². The quantitative estimate of drug-likeness (QED) is 0.785. The molecule has 3 aliphatic carbocycles. The fourth-order valence-electron chi connectivity index (χ4n) is 5.92. The van der Waals surface area contributed by atoms with Crippen LogP contribution in [0.2, 0.25) is 0 Å². The lowest BCUT2D eigenvalue weighted by atomic mass is 9.45. The molecule has 0 aliphatic heterocycles. The molecule has 0 aromatic rings. The average molecular weight is 318 g/mol. The zero-order valence-corrected chi connectivity index (χ0v) is 14.5. The molecule has 3 aliphatic rings. The van der Waals surface area contributed by atoms with Crippen LogP contribution in [0, 0.1) is 28.1 Å². The van der Waals surface area contributed by atoms with Gasteiger partial charge in [0, 0.05) is 23.7 Å². The highest BCUT2D eigenvalue weighted by Gasteiger charge is 2.59.